The van der Waals surface area contributed by atoms with E-state index in [0.717, 1.165) is 40.1 Å². The van der Waals surface area contributed by atoms with Gasteiger partial charge in [-0.25, -0.2) is 14.5 Å². The molecule has 0 aliphatic carbocycles. The zero-order valence-electron chi connectivity index (χ0n) is 27.1. The third-order valence-electron chi connectivity index (χ3n) is 7.94. The largest absolute Gasteiger partial charge is 0.573 e. The Morgan fingerprint density at radius 1 is 1.06 bits per heavy atom. The second-order valence-electron chi connectivity index (χ2n) is 11.8. The van der Waals surface area contributed by atoms with Crippen LogP contribution in [0.1, 0.15) is 63.6 Å². The predicted octanol–water partition coefficient (Wildman–Crippen LogP) is 9.11. The molecule has 3 aromatic carbocycles. The van der Waals surface area contributed by atoms with Gasteiger partial charge in [-0.2, -0.15) is 4.99 Å². The van der Waals surface area contributed by atoms with Crippen LogP contribution in [0.25, 0.3) is 22.6 Å². The van der Waals surface area contributed by atoms with Crippen molar-refractivity contribution in [1.29, 1.82) is 0 Å². The molecule has 0 spiro atoms. The van der Waals surface area contributed by atoms with Gasteiger partial charge in [0.05, 0.1) is 5.69 Å². The van der Waals surface area contributed by atoms with E-state index in [2.05, 4.69) is 75.9 Å². The van der Waals surface area contributed by atoms with Crippen LogP contribution in [0, 0.1) is 6.92 Å². The number of rotatable bonds is 7. The van der Waals surface area contributed by atoms with E-state index in [1.807, 2.05) is 38.1 Å². The Balaban J connectivity index is 1.29. The van der Waals surface area contributed by atoms with E-state index in [9.17, 15) is 18.0 Å². The Morgan fingerprint density at radius 3 is 2.43 bits per heavy atom. The van der Waals surface area contributed by atoms with E-state index in [1.54, 1.807) is 11.8 Å². The first-order valence-corrected chi connectivity index (χ1v) is 16.3. The fourth-order valence-electron chi connectivity index (χ4n) is 5.26. The van der Waals surface area contributed by atoms with Crippen LogP contribution in [-0.4, -0.2) is 44.1 Å². The number of aryl methyl sites for hydroxylation is 1. The van der Waals surface area contributed by atoms with Crippen molar-refractivity contribution in [2.24, 2.45) is 4.99 Å². The van der Waals surface area contributed by atoms with Crippen LogP contribution in [0.2, 0.25) is 0 Å². The summed E-state index contributed by atoms with van der Waals surface area (Å²) < 4.78 is 42.8. The highest BCUT2D eigenvalue weighted by Crippen LogP contribution is 2.35. The van der Waals surface area contributed by atoms with Gasteiger partial charge >= 0.3 is 12.4 Å². The summed E-state index contributed by atoms with van der Waals surface area (Å²) >= 11 is 1.60. The molecular formula is C35H37F3N6O2S. The molecule has 0 radical (unpaired) electrons. The molecule has 4 aromatic rings. The highest BCUT2D eigenvalue weighted by atomic mass is 32.2. The van der Waals surface area contributed by atoms with Crippen molar-refractivity contribution in [2.45, 2.75) is 66.3 Å². The van der Waals surface area contributed by atoms with Crippen LogP contribution in [0.5, 0.6) is 5.75 Å². The average molecular weight is 663 g/mol. The van der Waals surface area contributed by atoms with Gasteiger partial charge in [-0.15, -0.1) is 18.3 Å². The molecule has 1 aliphatic heterocycles. The molecule has 1 unspecified atom stereocenters. The standard InChI is InChI=1S/C35H37F3N6O2S/c1-21(2)30-16-7-22(3)19-31(30)44-23(4)17-18-47-34(44)41-33(45)40-25(6)24(5)26-8-10-27(11-9-26)32-39-20-43(42-32)28-12-14-29(15-13-28)46-35(36,37)38/h7-16,19-21,23H,17-18H2,1-6H3,(H,40,45)/b25-24+,41-34?. The Bertz CT molecular complexity index is 1800. The highest BCUT2D eigenvalue weighted by Gasteiger charge is 2.31. The lowest BCUT2D eigenvalue weighted by Crippen LogP contribution is -2.42. The van der Waals surface area contributed by atoms with E-state index < -0.39 is 12.4 Å². The number of nitrogens with one attached hydrogen (secondary N) is 1. The fourth-order valence-corrected chi connectivity index (χ4v) is 6.47. The van der Waals surface area contributed by atoms with Crippen LogP contribution >= 0.6 is 11.8 Å². The number of allylic oxidation sites excluding steroid dienone is 2. The molecule has 1 aromatic heterocycles. The zero-order valence-corrected chi connectivity index (χ0v) is 27.9. The second kappa shape index (κ2) is 14.0. The van der Waals surface area contributed by atoms with Gasteiger partial charge in [0.25, 0.3) is 0 Å². The molecule has 8 nitrogen and oxygen atoms in total. The van der Waals surface area contributed by atoms with Crippen molar-refractivity contribution in [3.63, 3.8) is 0 Å². The summed E-state index contributed by atoms with van der Waals surface area (Å²) in [6.07, 6.45) is -2.27. The molecule has 1 fully saturated rings. The zero-order chi connectivity index (χ0) is 33.9. The number of benzene rings is 3. The van der Waals surface area contributed by atoms with Crippen LogP contribution in [0.15, 0.2) is 83.7 Å². The molecule has 1 atom stereocenters. The Morgan fingerprint density at radius 2 is 1.77 bits per heavy atom. The van der Waals surface area contributed by atoms with E-state index in [-0.39, 0.29) is 11.8 Å². The number of amidine groups is 1. The summed E-state index contributed by atoms with van der Waals surface area (Å²) in [5.74, 6) is 1.36. The van der Waals surface area contributed by atoms with Gasteiger partial charge in [0.15, 0.2) is 11.0 Å². The van der Waals surface area contributed by atoms with Gasteiger partial charge in [0, 0.05) is 28.7 Å². The number of ether oxygens (including phenoxy) is 1. The molecule has 0 saturated carbocycles. The summed E-state index contributed by atoms with van der Waals surface area (Å²) in [6, 6.07) is 19.2. The van der Waals surface area contributed by atoms with Crippen LogP contribution < -0.4 is 15.0 Å². The Kier molecular flexibility index (Phi) is 10.1. The summed E-state index contributed by atoms with van der Waals surface area (Å²) in [5.41, 5.74) is 7.25. The number of thioether (sulfide) groups is 1. The summed E-state index contributed by atoms with van der Waals surface area (Å²) in [5, 5.41) is 8.12. The molecule has 1 aliphatic rings. The summed E-state index contributed by atoms with van der Waals surface area (Å²) in [4.78, 5) is 24.3. The minimum absolute atomic E-state index is 0.207. The van der Waals surface area contributed by atoms with Gasteiger partial charge in [0.1, 0.15) is 12.1 Å². The van der Waals surface area contributed by atoms with Crippen molar-refractivity contribution < 1.29 is 22.7 Å². The number of amides is 2. The van der Waals surface area contributed by atoms with Crippen molar-refractivity contribution in [2.75, 3.05) is 10.7 Å². The number of aromatic nitrogens is 3. The maximum atomic E-state index is 13.2. The monoisotopic (exact) mass is 662 g/mol. The van der Waals surface area contributed by atoms with Crippen molar-refractivity contribution in [1.82, 2.24) is 20.1 Å². The number of hydrogen-bond donors (Lipinski definition) is 1. The number of urea groups is 1. The molecule has 5 rings (SSSR count). The average Bonchev–Trinajstić information content (AvgIpc) is 3.51. The van der Waals surface area contributed by atoms with Gasteiger partial charge in [0.2, 0.25) is 0 Å². The number of aliphatic imine (C=N–C) groups is 1. The molecule has 2 amide bonds. The number of carbonyl (C=O) groups is 1. The van der Waals surface area contributed by atoms with Gasteiger partial charge in [-0.1, -0.05) is 62.0 Å². The first kappa shape index (κ1) is 33.8. The lowest BCUT2D eigenvalue weighted by molar-refractivity contribution is -0.274. The minimum atomic E-state index is -4.76. The lowest BCUT2D eigenvalue weighted by atomic mass is 9.98. The lowest BCUT2D eigenvalue weighted by Gasteiger charge is -2.37. The van der Waals surface area contributed by atoms with Crippen molar-refractivity contribution in [3.05, 3.63) is 95.4 Å². The molecule has 0 bridgehead atoms. The predicted molar refractivity (Wildman–Crippen MR) is 182 cm³/mol. The highest BCUT2D eigenvalue weighted by molar-refractivity contribution is 8.14. The summed E-state index contributed by atoms with van der Waals surface area (Å²) in [6.45, 7) is 12.4. The Labute approximate surface area is 276 Å². The maximum Gasteiger partial charge on any atom is 0.573 e. The summed E-state index contributed by atoms with van der Waals surface area (Å²) in [7, 11) is 0. The third-order valence-corrected chi connectivity index (χ3v) is 8.92. The molecule has 47 heavy (non-hydrogen) atoms. The van der Waals surface area contributed by atoms with Crippen molar-refractivity contribution >= 4 is 34.2 Å². The normalized spacial score (nSPS) is 16.8. The van der Waals surface area contributed by atoms with Crippen LogP contribution in [0.3, 0.4) is 0 Å². The molecule has 2 heterocycles. The first-order valence-electron chi connectivity index (χ1n) is 15.3. The van der Waals surface area contributed by atoms with Crippen molar-refractivity contribution in [3.8, 4) is 22.8 Å². The van der Waals surface area contributed by atoms with E-state index in [1.165, 1.54) is 40.8 Å². The topological polar surface area (TPSA) is 84.6 Å². The number of alkyl halides is 3. The smallest absolute Gasteiger partial charge is 0.406 e. The number of nitrogens with zero attached hydrogens (tertiary/aromatic N) is 5. The molecule has 1 N–H and O–H groups in total. The van der Waals surface area contributed by atoms with Gasteiger partial charge in [-0.3, -0.25) is 0 Å². The third kappa shape index (κ3) is 8.23. The minimum Gasteiger partial charge on any atom is -0.406 e. The van der Waals surface area contributed by atoms with E-state index in [4.69, 9.17) is 0 Å². The molecular weight excluding hydrogens is 625 g/mol. The quantitative estimate of drug-likeness (QED) is 0.213. The number of carbonyl (C=O) groups excluding carboxylic acids is 1. The van der Waals surface area contributed by atoms with Gasteiger partial charge < -0.3 is 15.0 Å². The number of hydrogen-bond acceptors (Lipinski definition) is 5. The van der Waals surface area contributed by atoms with Crippen LogP contribution in [0.4, 0.5) is 23.7 Å². The molecule has 12 heteroatoms. The number of anilines is 1. The SMILES string of the molecule is C/C(NC(=O)N=C1SCCC(C)N1c1cc(C)ccc1C(C)C)=C(/C)c1ccc(-c2ncn(-c3ccc(OC(F)(F)F)cc3)n2)cc1. The molecule has 1 saturated heterocycles. The van der Waals surface area contributed by atoms with Crippen LogP contribution in [-0.2, 0) is 0 Å². The number of halogens is 3. The maximum absolute atomic E-state index is 13.2. The van der Waals surface area contributed by atoms with E-state index >= 15 is 0 Å². The molecule has 246 valence electrons. The van der Waals surface area contributed by atoms with E-state index in [0.29, 0.717) is 28.3 Å². The first-order chi connectivity index (χ1) is 22.3. The second-order valence-corrected chi connectivity index (χ2v) is 12.8. The van der Waals surface area contributed by atoms with Gasteiger partial charge in [-0.05, 0) is 92.6 Å². The Hall–Kier alpha value is -4.58. The fraction of sp³-hybridized carbons (Fsp3) is 0.314.